The SMILES string of the molecule is CC1(C)OC(=O)C(=CNc2ccc(Sc3ccc([N+](=O)[O-])cc3)cc2)C(=O)O1. The molecular weight excluding hydrogens is 384 g/mol. The van der Waals surface area contributed by atoms with Crippen LogP contribution in [0.5, 0.6) is 0 Å². The van der Waals surface area contributed by atoms with Gasteiger partial charge in [-0.25, -0.2) is 9.59 Å². The summed E-state index contributed by atoms with van der Waals surface area (Å²) in [4.78, 5) is 35.8. The second-order valence-electron chi connectivity index (χ2n) is 6.26. The molecule has 2 aromatic carbocycles. The number of hydrogen-bond donors (Lipinski definition) is 1. The van der Waals surface area contributed by atoms with E-state index >= 15 is 0 Å². The number of esters is 2. The van der Waals surface area contributed by atoms with Gasteiger partial charge in [0.2, 0.25) is 0 Å². The smallest absolute Gasteiger partial charge is 0.350 e. The Morgan fingerprint density at radius 2 is 1.46 bits per heavy atom. The Bertz CT molecular complexity index is 929. The minimum atomic E-state index is -1.28. The molecule has 1 aliphatic rings. The van der Waals surface area contributed by atoms with Gasteiger partial charge in [0.25, 0.3) is 11.5 Å². The number of nitrogens with zero attached hydrogens (tertiary/aromatic N) is 1. The van der Waals surface area contributed by atoms with Crippen molar-refractivity contribution in [2.24, 2.45) is 0 Å². The number of ether oxygens (including phenoxy) is 2. The number of non-ortho nitro benzene ring substituents is 1. The topological polar surface area (TPSA) is 108 Å². The Labute approximate surface area is 164 Å². The van der Waals surface area contributed by atoms with Crippen LogP contribution in [-0.2, 0) is 19.1 Å². The van der Waals surface area contributed by atoms with Crippen molar-refractivity contribution in [2.45, 2.75) is 29.4 Å². The number of nitrogens with one attached hydrogen (secondary N) is 1. The summed E-state index contributed by atoms with van der Waals surface area (Å²) < 4.78 is 10.0. The van der Waals surface area contributed by atoms with E-state index in [1.165, 1.54) is 43.9 Å². The zero-order chi connectivity index (χ0) is 20.3. The lowest BCUT2D eigenvalue weighted by Crippen LogP contribution is -2.42. The molecule has 0 saturated carbocycles. The first-order valence-electron chi connectivity index (χ1n) is 8.19. The number of carbonyl (C=O) groups is 2. The van der Waals surface area contributed by atoms with E-state index in [9.17, 15) is 19.7 Å². The molecule has 144 valence electrons. The number of benzene rings is 2. The van der Waals surface area contributed by atoms with Crippen LogP contribution in [0.15, 0.2) is 70.1 Å². The van der Waals surface area contributed by atoms with Crippen LogP contribution in [0.25, 0.3) is 0 Å². The van der Waals surface area contributed by atoms with Crippen LogP contribution in [0.2, 0.25) is 0 Å². The van der Waals surface area contributed by atoms with E-state index in [1.807, 2.05) is 12.1 Å². The Morgan fingerprint density at radius 3 is 1.96 bits per heavy atom. The first-order chi connectivity index (χ1) is 13.2. The summed E-state index contributed by atoms with van der Waals surface area (Å²) in [5.74, 6) is -2.78. The van der Waals surface area contributed by atoms with E-state index in [0.29, 0.717) is 5.69 Å². The molecular formula is C19H16N2O6S. The first-order valence-corrected chi connectivity index (χ1v) is 9.01. The van der Waals surface area contributed by atoms with Gasteiger partial charge in [0.1, 0.15) is 0 Å². The molecule has 1 N–H and O–H groups in total. The average Bonchev–Trinajstić information content (AvgIpc) is 2.62. The van der Waals surface area contributed by atoms with E-state index in [-0.39, 0.29) is 11.3 Å². The molecule has 1 saturated heterocycles. The van der Waals surface area contributed by atoms with Gasteiger partial charge in [-0.15, -0.1) is 0 Å². The highest BCUT2D eigenvalue weighted by molar-refractivity contribution is 7.99. The second-order valence-corrected chi connectivity index (χ2v) is 7.41. The fourth-order valence-electron chi connectivity index (χ4n) is 2.33. The summed E-state index contributed by atoms with van der Waals surface area (Å²) in [5.41, 5.74) is 0.481. The molecule has 0 radical (unpaired) electrons. The van der Waals surface area contributed by atoms with E-state index in [1.54, 1.807) is 24.3 Å². The highest BCUT2D eigenvalue weighted by Gasteiger charge is 2.38. The summed E-state index contributed by atoms with van der Waals surface area (Å²) >= 11 is 1.45. The Balaban J connectivity index is 1.64. The zero-order valence-electron chi connectivity index (χ0n) is 15.0. The molecule has 0 atom stereocenters. The van der Waals surface area contributed by atoms with Crippen LogP contribution in [-0.4, -0.2) is 22.6 Å². The molecule has 0 spiro atoms. The predicted molar refractivity (Wildman–Crippen MR) is 102 cm³/mol. The van der Waals surface area contributed by atoms with Gasteiger partial charge in [0.05, 0.1) is 4.92 Å². The molecule has 0 unspecified atom stereocenters. The predicted octanol–water partition coefficient (Wildman–Crippen LogP) is 3.88. The Morgan fingerprint density at radius 1 is 0.964 bits per heavy atom. The fraction of sp³-hybridized carbons (Fsp3) is 0.158. The molecule has 1 aliphatic heterocycles. The van der Waals surface area contributed by atoms with Crippen LogP contribution < -0.4 is 5.32 Å². The van der Waals surface area contributed by atoms with Gasteiger partial charge < -0.3 is 14.8 Å². The Hall–Kier alpha value is -3.33. The van der Waals surface area contributed by atoms with E-state index < -0.39 is 22.6 Å². The summed E-state index contributed by atoms with van der Waals surface area (Å²) in [6.07, 6.45) is 1.25. The van der Waals surface area contributed by atoms with Crippen LogP contribution in [0.3, 0.4) is 0 Å². The van der Waals surface area contributed by atoms with Gasteiger partial charge in [0.15, 0.2) is 5.57 Å². The van der Waals surface area contributed by atoms with Gasteiger partial charge in [-0.1, -0.05) is 11.8 Å². The van der Waals surface area contributed by atoms with Crippen molar-refractivity contribution in [2.75, 3.05) is 5.32 Å². The maximum Gasteiger partial charge on any atom is 0.350 e. The maximum absolute atomic E-state index is 11.9. The molecule has 2 aromatic rings. The molecule has 28 heavy (non-hydrogen) atoms. The van der Waals surface area contributed by atoms with Crippen molar-refractivity contribution in [3.63, 3.8) is 0 Å². The average molecular weight is 400 g/mol. The quantitative estimate of drug-likeness (QED) is 0.265. The molecule has 0 aromatic heterocycles. The number of anilines is 1. The minimum Gasteiger partial charge on any atom is -0.419 e. The third-order valence-electron chi connectivity index (χ3n) is 3.64. The van der Waals surface area contributed by atoms with Crippen LogP contribution in [0.4, 0.5) is 11.4 Å². The highest BCUT2D eigenvalue weighted by Crippen LogP contribution is 2.30. The van der Waals surface area contributed by atoms with Gasteiger partial charge in [-0.05, 0) is 36.4 Å². The van der Waals surface area contributed by atoms with Gasteiger partial charge in [0, 0.05) is 47.7 Å². The number of nitro groups is 1. The first kappa shape index (κ1) is 19.4. The zero-order valence-corrected chi connectivity index (χ0v) is 15.8. The van der Waals surface area contributed by atoms with Crippen molar-refractivity contribution in [1.82, 2.24) is 0 Å². The summed E-state index contributed by atoms with van der Waals surface area (Å²) in [7, 11) is 0. The fourth-order valence-corrected chi connectivity index (χ4v) is 3.14. The van der Waals surface area contributed by atoms with Gasteiger partial charge in [-0.2, -0.15) is 0 Å². The van der Waals surface area contributed by atoms with Gasteiger partial charge in [-0.3, -0.25) is 10.1 Å². The lowest BCUT2D eigenvalue weighted by molar-refractivity contribution is -0.384. The van der Waals surface area contributed by atoms with Crippen molar-refractivity contribution in [3.05, 3.63) is 70.4 Å². The lowest BCUT2D eigenvalue weighted by atomic mass is 10.2. The third kappa shape index (κ3) is 4.68. The normalized spacial score (nSPS) is 15.4. The summed E-state index contributed by atoms with van der Waals surface area (Å²) in [6, 6.07) is 13.5. The highest BCUT2D eigenvalue weighted by atomic mass is 32.2. The van der Waals surface area contributed by atoms with E-state index in [4.69, 9.17) is 9.47 Å². The molecule has 1 heterocycles. The molecule has 1 fully saturated rings. The molecule has 9 heteroatoms. The number of nitro benzene ring substituents is 1. The third-order valence-corrected chi connectivity index (χ3v) is 4.65. The van der Waals surface area contributed by atoms with Crippen molar-refractivity contribution in [3.8, 4) is 0 Å². The second kappa shape index (κ2) is 7.73. The summed E-state index contributed by atoms with van der Waals surface area (Å²) in [5, 5.41) is 13.6. The largest absolute Gasteiger partial charge is 0.419 e. The van der Waals surface area contributed by atoms with Crippen LogP contribution in [0, 0.1) is 10.1 Å². The Kier molecular flexibility index (Phi) is 5.36. The minimum absolute atomic E-state index is 0.0417. The molecule has 0 aliphatic carbocycles. The monoisotopic (exact) mass is 400 g/mol. The van der Waals surface area contributed by atoms with Crippen molar-refractivity contribution in [1.29, 1.82) is 0 Å². The van der Waals surface area contributed by atoms with Crippen LogP contribution >= 0.6 is 11.8 Å². The molecule has 3 rings (SSSR count). The lowest BCUT2D eigenvalue weighted by Gasteiger charge is -2.29. The van der Waals surface area contributed by atoms with E-state index in [2.05, 4.69) is 5.32 Å². The molecule has 0 bridgehead atoms. The van der Waals surface area contributed by atoms with Crippen molar-refractivity contribution >= 4 is 35.1 Å². The number of cyclic esters (lactones) is 2. The van der Waals surface area contributed by atoms with E-state index in [0.717, 1.165) is 9.79 Å². The van der Waals surface area contributed by atoms with Crippen molar-refractivity contribution < 1.29 is 24.0 Å². The molecule has 8 nitrogen and oxygen atoms in total. The molecule has 0 amide bonds. The van der Waals surface area contributed by atoms with Gasteiger partial charge >= 0.3 is 11.9 Å². The number of carbonyl (C=O) groups excluding carboxylic acids is 2. The number of hydrogen-bond acceptors (Lipinski definition) is 8. The van der Waals surface area contributed by atoms with Crippen LogP contribution in [0.1, 0.15) is 13.8 Å². The maximum atomic E-state index is 11.9. The standard InChI is InChI=1S/C19H16N2O6S/c1-19(2)26-17(22)16(18(23)27-19)11-20-12-3-7-14(8-4-12)28-15-9-5-13(6-10-15)21(24)25/h3-11,20H,1-2H3. The number of rotatable bonds is 5. The summed E-state index contributed by atoms with van der Waals surface area (Å²) in [6.45, 7) is 2.96.